The van der Waals surface area contributed by atoms with Crippen LogP contribution in [-0.4, -0.2) is 0 Å². The molecule has 5 heteroatoms. The Kier molecular flexibility index (Phi) is 12.0. The number of fused-ring (bicyclic) bond motifs is 1. The maximum atomic E-state index is 12.9. The van der Waals surface area contributed by atoms with Crippen LogP contribution in [0.4, 0.5) is 4.39 Å². The minimum atomic E-state index is -0.194. The molecule has 0 nitrogen and oxygen atoms in total. The summed E-state index contributed by atoms with van der Waals surface area (Å²) in [7, 11) is 0. The first-order valence-electron chi connectivity index (χ1n) is 5.35. The molecule has 0 saturated heterocycles. The van der Waals surface area contributed by atoms with Gasteiger partial charge in [-0.15, -0.1) is 22.4 Å². The molecule has 0 amide bonds. The van der Waals surface area contributed by atoms with Gasteiger partial charge in [0.05, 0.1) is 5.82 Å². The van der Waals surface area contributed by atoms with Crippen molar-refractivity contribution in [2.75, 3.05) is 0 Å². The van der Waals surface area contributed by atoms with Crippen molar-refractivity contribution in [2.24, 2.45) is 0 Å². The average molecular weight is 453 g/mol. The molecule has 0 aromatic heterocycles. The summed E-state index contributed by atoms with van der Waals surface area (Å²) in [5.41, 5.74) is 1.16. The van der Waals surface area contributed by atoms with Crippen molar-refractivity contribution >= 4 is 26.7 Å². The standard InChI is InChI=1S/C10H7BrF.C5H5.2ClH.Zr/c1-6-2-7-4-8(12)5-10(11)9(7)3-6;1-2-4-5-3-1;;;/h2-5H,1H3;1-5H;2*1H;/q2*-1;;;+4/p-2. The van der Waals surface area contributed by atoms with E-state index in [2.05, 4.69) is 15.9 Å². The van der Waals surface area contributed by atoms with Gasteiger partial charge in [0, 0.05) is 0 Å². The average Bonchev–Trinajstić information content (AvgIpc) is 2.88. The maximum Gasteiger partial charge on any atom is 4.00 e. The summed E-state index contributed by atoms with van der Waals surface area (Å²) in [6.45, 7) is 2.00. The molecule has 0 unspecified atom stereocenters. The Morgan fingerprint density at radius 3 is 2.15 bits per heavy atom. The molecule has 0 fully saturated rings. The van der Waals surface area contributed by atoms with Crippen LogP contribution < -0.4 is 24.8 Å². The Balaban J connectivity index is 0. The topological polar surface area (TPSA) is 0 Å². The zero-order chi connectivity index (χ0) is 12.3. The molecular formula is C15H12BrCl2FZr. The molecule has 3 aromatic carbocycles. The van der Waals surface area contributed by atoms with Crippen molar-refractivity contribution in [3.63, 3.8) is 0 Å². The van der Waals surface area contributed by atoms with Crippen molar-refractivity contribution in [1.29, 1.82) is 0 Å². The van der Waals surface area contributed by atoms with Crippen molar-refractivity contribution in [1.82, 2.24) is 0 Å². The minimum Gasteiger partial charge on any atom is -1.00 e. The quantitative estimate of drug-likeness (QED) is 0.391. The third-order valence-electron chi connectivity index (χ3n) is 2.44. The molecule has 0 spiro atoms. The fraction of sp³-hybridized carbons (Fsp3) is 0.0667. The van der Waals surface area contributed by atoms with E-state index < -0.39 is 0 Å². The van der Waals surface area contributed by atoms with Crippen LogP contribution in [-0.2, 0) is 26.2 Å². The van der Waals surface area contributed by atoms with Gasteiger partial charge in [0.1, 0.15) is 0 Å². The summed E-state index contributed by atoms with van der Waals surface area (Å²) in [5, 5.41) is 2.04. The van der Waals surface area contributed by atoms with E-state index >= 15 is 0 Å². The van der Waals surface area contributed by atoms with Gasteiger partial charge >= 0.3 is 26.2 Å². The van der Waals surface area contributed by atoms with Crippen molar-refractivity contribution in [3.8, 4) is 0 Å². The molecule has 20 heavy (non-hydrogen) atoms. The molecule has 0 atom stereocenters. The van der Waals surface area contributed by atoms with Crippen molar-refractivity contribution in [3.05, 3.63) is 70.5 Å². The van der Waals surface area contributed by atoms with Crippen LogP contribution in [0.5, 0.6) is 0 Å². The van der Waals surface area contributed by atoms with Gasteiger partial charge in [0.25, 0.3) is 0 Å². The number of aryl methyl sites for hydroxylation is 1. The third-order valence-corrected chi connectivity index (χ3v) is 3.09. The number of rotatable bonds is 0. The Morgan fingerprint density at radius 1 is 1.05 bits per heavy atom. The fourth-order valence-electron chi connectivity index (χ4n) is 1.71. The summed E-state index contributed by atoms with van der Waals surface area (Å²) < 4.78 is 13.7. The van der Waals surface area contributed by atoms with Gasteiger partial charge in [-0.05, 0) is 10.5 Å². The van der Waals surface area contributed by atoms with Gasteiger partial charge in [0.15, 0.2) is 0 Å². The van der Waals surface area contributed by atoms with Gasteiger partial charge in [-0.25, -0.2) is 16.5 Å². The number of hydrogen-bond acceptors (Lipinski definition) is 0. The van der Waals surface area contributed by atoms with Crippen LogP contribution in [0.3, 0.4) is 0 Å². The van der Waals surface area contributed by atoms with Crippen LogP contribution in [0, 0.1) is 12.7 Å². The van der Waals surface area contributed by atoms with E-state index in [1.54, 1.807) is 6.07 Å². The van der Waals surface area contributed by atoms with Gasteiger partial charge in [-0.3, -0.25) is 0 Å². The second kappa shape index (κ2) is 10.7. The SMILES string of the molecule is Cc1cc2c(Br)cc(F)cc2[cH-]1.[Cl-].[Cl-].[Zr+4].c1cc[cH-]c1. The molecule has 0 radical (unpaired) electrons. The minimum absolute atomic E-state index is 0. The Bertz CT molecular complexity index is 588. The second-order valence-corrected chi connectivity index (χ2v) is 4.74. The molecule has 0 aliphatic carbocycles. The van der Waals surface area contributed by atoms with Crippen LogP contribution in [0.1, 0.15) is 5.56 Å². The fourth-order valence-corrected chi connectivity index (χ4v) is 2.27. The van der Waals surface area contributed by atoms with E-state index in [-0.39, 0.29) is 56.8 Å². The zero-order valence-corrected chi connectivity index (χ0v) is 16.3. The van der Waals surface area contributed by atoms with Crippen molar-refractivity contribution in [2.45, 2.75) is 6.92 Å². The van der Waals surface area contributed by atoms with Gasteiger partial charge in [-0.1, -0.05) is 28.9 Å². The summed E-state index contributed by atoms with van der Waals surface area (Å²) in [6, 6.07) is 17.1. The monoisotopic (exact) mass is 450 g/mol. The van der Waals surface area contributed by atoms with E-state index in [0.29, 0.717) is 0 Å². The first kappa shape index (κ1) is 22.3. The normalized spacial score (nSPS) is 8.55. The molecule has 0 N–H and O–H groups in total. The largest absolute Gasteiger partial charge is 4.00 e. The molecule has 0 aliphatic heterocycles. The molecule has 0 saturated carbocycles. The van der Waals surface area contributed by atoms with Crippen molar-refractivity contribution < 1.29 is 55.4 Å². The van der Waals surface area contributed by atoms with Gasteiger partial charge in [-0.2, -0.15) is 24.3 Å². The van der Waals surface area contributed by atoms with E-state index in [1.165, 1.54) is 6.07 Å². The molecule has 3 aromatic rings. The zero-order valence-electron chi connectivity index (χ0n) is 10.7. The van der Waals surface area contributed by atoms with E-state index in [9.17, 15) is 4.39 Å². The molecular weight excluding hydrogens is 441 g/mol. The predicted octanol–water partition coefficient (Wildman–Crippen LogP) is -0.820. The van der Waals surface area contributed by atoms with Gasteiger partial charge < -0.3 is 24.8 Å². The summed E-state index contributed by atoms with van der Waals surface area (Å²) in [4.78, 5) is 0. The summed E-state index contributed by atoms with van der Waals surface area (Å²) in [5.74, 6) is -0.194. The number of hydrogen-bond donors (Lipinski definition) is 0. The van der Waals surface area contributed by atoms with Crippen LogP contribution in [0.25, 0.3) is 10.8 Å². The Labute approximate surface area is 158 Å². The van der Waals surface area contributed by atoms with E-state index in [4.69, 9.17) is 0 Å². The van der Waals surface area contributed by atoms with E-state index in [0.717, 1.165) is 20.8 Å². The second-order valence-electron chi connectivity index (χ2n) is 3.89. The van der Waals surface area contributed by atoms with Crippen LogP contribution >= 0.6 is 15.9 Å². The van der Waals surface area contributed by atoms with Gasteiger partial charge in [0.2, 0.25) is 0 Å². The maximum absolute atomic E-state index is 12.9. The summed E-state index contributed by atoms with van der Waals surface area (Å²) >= 11 is 3.32. The molecule has 0 bridgehead atoms. The van der Waals surface area contributed by atoms with Crippen LogP contribution in [0.2, 0.25) is 0 Å². The number of benzene rings is 1. The number of halogens is 4. The Hall–Kier alpha value is 0.0531. The predicted molar refractivity (Wildman–Crippen MR) is 74.0 cm³/mol. The molecule has 3 rings (SSSR count). The smallest absolute Gasteiger partial charge is 1.00 e. The molecule has 104 valence electrons. The third kappa shape index (κ3) is 6.22. The summed E-state index contributed by atoms with van der Waals surface area (Å²) in [6.07, 6.45) is 0. The first-order chi connectivity index (χ1) is 8.16. The van der Waals surface area contributed by atoms with E-state index in [1.807, 2.05) is 49.4 Å². The van der Waals surface area contributed by atoms with Crippen LogP contribution in [0.15, 0.2) is 59.1 Å². The molecule has 0 aliphatic rings. The Morgan fingerprint density at radius 2 is 1.65 bits per heavy atom. The molecule has 0 heterocycles. The first-order valence-corrected chi connectivity index (χ1v) is 6.15.